The Morgan fingerprint density at radius 2 is 1.80 bits per heavy atom. The van der Waals surface area contributed by atoms with Crippen LogP contribution in [0.1, 0.15) is 32.0 Å². The molecule has 0 fully saturated rings. The summed E-state index contributed by atoms with van der Waals surface area (Å²) in [7, 11) is 0. The van der Waals surface area contributed by atoms with E-state index in [9.17, 15) is 9.59 Å². The Morgan fingerprint density at radius 3 is 2.35 bits per heavy atom. The van der Waals surface area contributed by atoms with Gasteiger partial charge in [-0.15, -0.1) is 0 Å². The molecule has 100 valence electrons. The zero-order valence-corrected chi connectivity index (χ0v) is 10.9. The van der Waals surface area contributed by atoms with E-state index in [2.05, 4.69) is 4.98 Å². The number of allylic oxidation sites excluding steroid dienone is 1. The summed E-state index contributed by atoms with van der Waals surface area (Å²) in [6.45, 7) is 1.90. The minimum atomic E-state index is -0.972. The van der Waals surface area contributed by atoms with Crippen molar-refractivity contribution < 1.29 is 14.7 Å². The molecule has 2 rings (SSSR count). The number of ketones is 1. The fraction of sp³-hybridized carbons (Fsp3) is 0.0625. The van der Waals surface area contributed by atoms with Crippen LogP contribution in [0.2, 0.25) is 0 Å². The van der Waals surface area contributed by atoms with E-state index < -0.39 is 5.97 Å². The van der Waals surface area contributed by atoms with Crippen LogP contribution in [0.25, 0.3) is 6.08 Å². The third-order valence-corrected chi connectivity index (χ3v) is 2.75. The number of nitrogens with zero attached hydrogens (tertiary/aromatic N) is 1. The molecule has 20 heavy (non-hydrogen) atoms. The molecule has 4 nitrogen and oxygen atoms in total. The second-order valence-corrected chi connectivity index (χ2v) is 4.35. The maximum absolute atomic E-state index is 11.9. The summed E-state index contributed by atoms with van der Waals surface area (Å²) in [5.74, 6) is -1.16. The summed E-state index contributed by atoms with van der Waals surface area (Å²) in [6.07, 6.45) is 4.70. The lowest BCUT2D eigenvalue weighted by Crippen LogP contribution is -1.98. The first-order valence-electron chi connectivity index (χ1n) is 6.05. The molecule has 4 heteroatoms. The summed E-state index contributed by atoms with van der Waals surface area (Å²) < 4.78 is 0. The van der Waals surface area contributed by atoms with Crippen LogP contribution in [0.15, 0.2) is 48.7 Å². The number of carboxylic acids is 1. The molecule has 1 heterocycles. The van der Waals surface area contributed by atoms with Crippen LogP contribution in [0.5, 0.6) is 0 Å². The number of aromatic carboxylic acids is 1. The van der Waals surface area contributed by atoms with E-state index in [-0.39, 0.29) is 11.3 Å². The smallest absolute Gasteiger partial charge is 0.335 e. The molecule has 0 aliphatic carbocycles. The summed E-state index contributed by atoms with van der Waals surface area (Å²) in [6, 6.07) is 9.80. The van der Waals surface area contributed by atoms with Gasteiger partial charge in [0.05, 0.1) is 5.56 Å². The van der Waals surface area contributed by atoms with Crippen molar-refractivity contribution in [3.63, 3.8) is 0 Å². The SMILES string of the molecule is Cc1ccc(C(=O)/C=C/c2ccc(C(=O)O)cc2)nc1. The number of hydrogen-bond donors (Lipinski definition) is 1. The highest BCUT2D eigenvalue weighted by Crippen LogP contribution is 2.08. The molecule has 0 saturated carbocycles. The van der Waals surface area contributed by atoms with Gasteiger partial charge < -0.3 is 5.11 Å². The molecule has 0 atom stereocenters. The predicted molar refractivity (Wildman–Crippen MR) is 75.7 cm³/mol. The van der Waals surface area contributed by atoms with Crippen molar-refractivity contribution in [2.75, 3.05) is 0 Å². The molecule has 0 amide bonds. The van der Waals surface area contributed by atoms with E-state index in [4.69, 9.17) is 5.11 Å². The van der Waals surface area contributed by atoms with Gasteiger partial charge in [-0.05, 0) is 42.3 Å². The quantitative estimate of drug-likeness (QED) is 0.683. The highest BCUT2D eigenvalue weighted by Gasteiger charge is 2.03. The Labute approximate surface area is 116 Å². The van der Waals surface area contributed by atoms with E-state index in [1.807, 2.05) is 13.0 Å². The van der Waals surface area contributed by atoms with Crippen LogP contribution in [0.3, 0.4) is 0 Å². The van der Waals surface area contributed by atoms with Gasteiger partial charge >= 0.3 is 5.97 Å². The van der Waals surface area contributed by atoms with Crippen LogP contribution in [0, 0.1) is 6.92 Å². The van der Waals surface area contributed by atoms with Crippen molar-refractivity contribution in [3.05, 3.63) is 71.1 Å². The van der Waals surface area contributed by atoms with Crippen molar-refractivity contribution >= 4 is 17.8 Å². The minimum absolute atomic E-state index is 0.188. The van der Waals surface area contributed by atoms with Gasteiger partial charge in [-0.1, -0.05) is 24.3 Å². The molecule has 1 aromatic carbocycles. The summed E-state index contributed by atoms with van der Waals surface area (Å²) in [5.41, 5.74) is 2.35. The normalized spacial score (nSPS) is 10.7. The number of aromatic nitrogens is 1. The number of aryl methyl sites for hydroxylation is 1. The molecule has 1 aromatic heterocycles. The third kappa shape index (κ3) is 3.38. The first-order valence-corrected chi connectivity index (χ1v) is 6.05. The molecule has 0 spiro atoms. The van der Waals surface area contributed by atoms with Gasteiger partial charge in [0.15, 0.2) is 0 Å². The number of carbonyl (C=O) groups is 2. The number of pyridine rings is 1. The van der Waals surface area contributed by atoms with Crippen LogP contribution in [0.4, 0.5) is 0 Å². The maximum Gasteiger partial charge on any atom is 0.335 e. The Balaban J connectivity index is 2.10. The predicted octanol–water partition coefficient (Wildman–Crippen LogP) is 2.98. The third-order valence-electron chi connectivity index (χ3n) is 2.75. The second-order valence-electron chi connectivity index (χ2n) is 4.35. The number of benzene rings is 1. The van der Waals surface area contributed by atoms with Gasteiger partial charge in [0.2, 0.25) is 5.78 Å². The second kappa shape index (κ2) is 5.93. The number of carbonyl (C=O) groups excluding carboxylic acids is 1. The molecule has 1 N–H and O–H groups in total. The average Bonchev–Trinajstić information content (AvgIpc) is 2.46. The molecule has 2 aromatic rings. The zero-order valence-electron chi connectivity index (χ0n) is 10.9. The van der Waals surface area contributed by atoms with E-state index in [0.29, 0.717) is 5.69 Å². The number of hydrogen-bond acceptors (Lipinski definition) is 3. The largest absolute Gasteiger partial charge is 0.478 e. The Kier molecular flexibility index (Phi) is 4.05. The Hall–Kier alpha value is -2.75. The van der Waals surface area contributed by atoms with Gasteiger partial charge in [-0.25, -0.2) is 4.79 Å². The summed E-state index contributed by atoms with van der Waals surface area (Å²) in [4.78, 5) is 26.6. The van der Waals surface area contributed by atoms with Crippen molar-refractivity contribution in [3.8, 4) is 0 Å². The van der Waals surface area contributed by atoms with Crippen molar-refractivity contribution in [1.82, 2.24) is 4.98 Å². The highest BCUT2D eigenvalue weighted by atomic mass is 16.4. The van der Waals surface area contributed by atoms with Gasteiger partial charge in [-0.2, -0.15) is 0 Å². The Bertz CT molecular complexity index is 655. The van der Waals surface area contributed by atoms with Crippen molar-refractivity contribution in [2.45, 2.75) is 6.92 Å². The minimum Gasteiger partial charge on any atom is -0.478 e. The highest BCUT2D eigenvalue weighted by molar-refractivity contribution is 6.05. The number of carboxylic acid groups (broad SMARTS) is 1. The summed E-state index contributed by atoms with van der Waals surface area (Å²) in [5, 5.41) is 8.78. The van der Waals surface area contributed by atoms with Gasteiger partial charge in [0, 0.05) is 6.20 Å². The van der Waals surface area contributed by atoms with Gasteiger partial charge in [0.1, 0.15) is 5.69 Å². The molecule has 0 bridgehead atoms. The molecule has 0 radical (unpaired) electrons. The van der Waals surface area contributed by atoms with Gasteiger partial charge in [-0.3, -0.25) is 9.78 Å². The summed E-state index contributed by atoms with van der Waals surface area (Å²) >= 11 is 0. The topological polar surface area (TPSA) is 67.3 Å². The molecule has 0 aliphatic rings. The average molecular weight is 267 g/mol. The monoisotopic (exact) mass is 267 g/mol. The fourth-order valence-electron chi connectivity index (χ4n) is 1.61. The van der Waals surface area contributed by atoms with Crippen LogP contribution in [-0.2, 0) is 0 Å². The molecular formula is C16H13NO3. The van der Waals surface area contributed by atoms with Crippen molar-refractivity contribution in [2.24, 2.45) is 0 Å². The molecular weight excluding hydrogens is 254 g/mol. The molecule has 0 saturated heterocycles. The lowest BCUT2D eigenvalue weighted by atomic mass is 10.1. The van der Waals surface area contributed by atoms with E-state index in [1.165, 1.54) is 18.2 Å². The lowest BCUT2D eigenvalue weighted by molar-refractivity contribution is 0.0696. The van der Waals surface area contributed by atoms with E-state index in [1.54, 1.807) is 30.5 Å². The number of rotatable bonds is 4. The zero-order chi connectivity index (χ0) is 14.5. The van der Waals surface area contributed by atoms with Gasteiger partial charge in [0.25, 0.3) is 0 Å². The molecule has 0 unspecified atom stereocenters. The van der Waals surface area contributed by atoms with E-state index in [0.717, 1.165) is 11.1 Å². The van der Waals surface area contributed by atoms with Crippen LogP contribution < -0.4 is 0 Å². The standard InChI is InChI=1S/C16H13NO3/c1-11-2-8-14(17-10-11)15(18)9-5-12-3-6-13(7-4-12)16(19)20/h2-10H,1H3,(H,19,20)/b9-5+. The lowest BCUT2D eigenvalue weighted by Gasteiger charge is -1.97. The first kappa shape index (κ1) is 13.7. The van der Waals surface area contributed by atoms with Crippen LogP contribution in [-0.4, -0.2) is 21.8 Å². The van der Waals surface area contributed by atoms with Crippen LogP contribution >= 0.6 is 0 Å². The van der Waals surface area contributed by atoms with Crippen molar-refractivity contribution in [1.29, 1.82) is 0 Å². The van der Waals surface area contributed by atoms with E-state index >= 15 is 0 Å². The molecule has 0 aliphatic heterocycles. The Morgan fingerprint density at radius 1 is 1.10 bits per heavy atom. The maximum atomic E-state index is 11.9. The fourth-order valence-corrected chi connectivity index (χ4v) is 1.61. The first-order chi connectivity index (χ1) is 9.56.